The second kappa shape index (κ2) is 5.40. The topological polar surface area (TPSA) is 62.3 Å². The number of amides is 2. The Morgan fingerprint density at radius 1 is 1.33 bits per heavy atom. The fraction of sp³-hybridized carbons (Fsp3) is 0.667. The van der Waals surface area contributed by atoms with Crippen LogP contribution < -0.4 is 5.32 Å². The molecule has 2 fully saturated rings. The van der Waals surface area contributed by atoms with Gasteiger partial charge in [-0.25, -0.2) is 4.98 Å². The molecule has 5 nitrogen and oxygen atoms in total. The van der Waals surface area contributed by atoms with Crippen molar-refractivity contribution in [1.29, 1.82) is 0 Å². The molecule has 2 amide bonds. The molecule has 1 saturated heterocycles. The molecule has 0 bridgehead atoms. The van der Waals surface area contributed by atoms with Gasteiger partial charge in [0.25, 0.3) is 0 Å². The van der Waals surface area contributed by atoms with Crippen LogP contribution in [0.4, 0.5) is 0 Å². The zero-order valence-electron chi connectivity index (χ0n) is 12.6. The van der Waals surface area contributed by atoms with Crippen LogP contribution in [0.3, 0.4) is 0 Å². The summed E-state index contributed by atoms with van der Waals surface area (Å²) in [6, 6.07) is -0.904. The molecule has 114 valence electrons. The van der Waals surface area contributed by atoms with Gasteiger partial charge in [0.2, 0.25) is 11.8 Å². The van der Waals surface area contributed by atoms with E-state index in [1.807, 2.05) is 26.2 Å². The second-order valence-corrected chi connectivity index (χ2v) is 7.23. The summed E-state index contributed by atoms with van der Waals surface area (Å²) in [4.78, 5) is 31.5. The van der Waals surface area contributed by atoms with Gasteiger partial charge >= 0.3 is 0 Å². The number of piperazine rings is 1. The highest BCUT2D eigenvalue weighted by Gasteiger charge is 2.49. The third-order valence-corrected chi connectivity index (χ3v) is 5.28. The lowest BCUT2D eigenvalue weighted by Crippen LogP contribution is -2.65. The molecule has 1 aliphatic carbocycles. The molecule has 3 unspecified atom stereocenters. The van der Waals surface area contributed by atoms with E-state index in [4.69, 9.17) is 0 Å². The van der Waals surface area contributed by atoms with Crippen LogP contribution in [0.15, 0.2) is 11.6 Å². The normalized spacial score (nSPS) is 27.9. The number of rotatable bonds is 4. The van der Waals surface area contributed by atoms with E-state index in [-0.39, 0.29) is 29.8 Å². The summed E-state index contributed by atoms with van der Waals surface area (Å²) >= 11 is 1.53. The summed E-state index contributed by atoms with van der Waals surface area (Å²) in [6.07, 6.45) is 3.80. The molecule has 2 heterocycles. The molecule has 1 N–H and O–H groups in total. The number of carbonyl (C=O) groups excluding carboxylic acids is 2. The van der Waals surface area contributed by atoms with E-state index in [1.165, 1.54) is 11.3 Å². The molecule has 3 rings (SSSR count). The lowest BCUT2D eigenvalue weighted by atomic mass is 9.94. The first-order valence-corrected chi connectivity index (χ1v) is 8.40. The highest BCUT2D eigenvalue weighted by atomic mass is 32.1. The molecule has 2 aliphatic rings. The maximum atomic E-state index is 12.9. The van der Waals surface area contributed by atoms with Crippen molar-refractivity contribution in [3.63, 3.8) is 0 Å². The number of aromatic nitrogens is 1. The van der Waals surface area contributed by atoms with Crippen LogP contribution in [0.25, 0.3) is 0 Å². The fourth-order valence-electron chi connectivity index (χ4n) is 3.09. The minimum atomic E-state index is -0.411. The number of carbonyl (C=O) groups is 2. The summed E-state index contributed by atoms with van der Waals surface area (Å²) in [6.45, 7) is 5.93. The van der Waals surface area contributed by atoms with Crippen molar-refractivity contribution in [2.24, 2.45) is 11.8 Å². The Bertz CT molecular complexity index is 539. The van der Waals surface area contributed by atoms with Crippen LogP contribution >= 0.6 is 11.3 Å². The molecule has 0 spiro atoms. The van der Waals surface area contributed by atoms with E-state index in [0.717, 1.165) is 17.8 Å². The Kier molecular flexibility index (Phi) is 3.73. The maximum Gasteiger partial charge on any atom is 0.246 e. The summed E-state index contributed by atoms with van der Waals surface area (Å²) < 4.78 is 0. The van der Waals surface area contributed by atoms with Crippen molar-refractivity contribution in [1.82, 2.24) is 15.2 Å². The lowest BCUT2D eigenvalue weighted by molar-refractivity contribution is -0.154. The summed E-state index contributed by atoms with van der Waals surface area (Å²) in [5, 5.41) is 5.74. The van der Waals surface area contributed by atoms with Crippen LogP contribution in [0, 0.1) is 11.8 Å². The predicted octanol–water partition coefficient (Wildman–Crippen LogP) is 1.97. The van der Waals surface area contributed by atoms with Crippen LogP contribution in [0.1, 0.15) is 44.7 Å². The number of thiazole rings is 1. The van der Waals surface area contributed by atoms with Gasteiger partial charge in [-0.1, -0.05) is 13.8 Å². The molecule has 1 aromatic rings. The highest BCUT2D eigenvalue weighted by molar-refractivity contribution is 7.09. The number of hydrogen-bond acceptors (Lipinski definition) is 4. The van der Waals surface area contributed by atoms with Crippen molar-refractivity contribution < 1.29 is 9.59 Å². The molecule has 0 radical (unpaired) electrons. The van der Waals surface area contributed by atoms with E-state index >= 15 is 0 Å². The summed E-state index contributed by atoms with van der Waals surface area (Å²) in [5.41, 5.74) is 0. The van der Waals surface area contributed by atoms with Gasteiger partial charge in [0.1, 0.15) is 17.1 Å². The Morgan fingerprint density at radius 2 is 2.05 bits per heavy atom. The molecule has 1 saturated carbocycles. The Labute approximate surface area is 128 Å². The van der Waals surface area contributed by atoms with Crippen LogP contribution in [0.5, 0.6) is 0 Å². The monoisotopic (exact) mass is 307 g/mol. The second-order valence-electron chi connectivity index (χ2n) is 6.30. The van der Waals surface area contributed by atoms with Crippen molar-refractivity contribution in [3.8, 4) is 0 Å². The van der Waals surface area contributed by atoms with Crippen LogP contribution in [0.2, 0.25) is 0 Å². The van der Waals surface area contributed by atoms with Gasteiger partial charge in [-0.2, -0.15) is 0 Å². The standard InChI is InChI=1S/C15H21N3O2S/c1-8(2)12-13(19)17-11(10-4-5-10)15(20)18(12)9(3)14-16-6-7-21-14/h6-12H,4-5H2,1-3H3,(H,17,19). The largest absolute Gasteiger partial charge is 0.342 e. The van der Waals surface area contributed by atoms with Gasteiger partial charge in [-0.15, -0.1) is 11.3 Å². The number of hydrogen-bond donors (Lipinski definition) is 1. The van der Waals surface area contributed by atoms with Gasteiger partial charge in [-0.05, 0) is 31.6 Å². The zero-order valence-corrected chi connectivity index (χ0v) is 13.4. The molecule has 21 heavy (non-hydrogen) atoms. The first-order chi connectivity index (χ1) is 10.0. The molecular weight excluding hydrogens is 286 g/mol. The van der Waals surface area contributed by atoms with Gasteiger partial charge < -0.3 is 10.2 Å². The molecular formula is C15H21N3O2S. The Balaban J connectivity index is 1.93. The van der Waals surface area contributed by atoms with E-state index in [0.29, 0.717) is 5.92 Å². The number of nitrogens with one attached hydrogen (secondary N) is 1. The van der Waals surface area contributed by atoms with E-state index in [9.17, 15) is 9.59 Å². The van der Waals surface area contributed by atoms with E-state index in [1.54, 1.807) is 11.1 Å². The van der Waals surface area contributed by atoms with Crippen molar-refractivity contribution in [3.05, 3.63) is 16.6 Å². The fourth-order valence-corrected chi connectivity index (χ4v) is 3.78. The lowest BCUT2D eigenvalue weighted by Gasteiger charge is -2.43. The van der Waals surface area contributed by atoms with Gasteiger partial charge in [0.15, 0.2) is 0 Å². The van der Waals surface area contributed by atoms with E-state index in [2.05, 4.69) is 10.3 Å². The van der Waals surface area contributed by atoms with Crippen molar-refractivity contribution in [2.75, 3.05) is 0 Å². The molecule has 1 aromatic heterocycles. The van der Waals surface area contributed by atoms with Crippen molar-refractivity contribution >= 4 is 23.2 Å². The molecule has 0 aromatic carbocycles. The first-order valence-electron chi connectivity index (χ1n) is 7.52. The Hall–Kier alpha value is -1.43. The van der Waals surface area contributed by atoms with Crippen LogP contribution in [-0.2, 0) is 9.59 Å². The zero-order chi connectivity index (χ0) is 15.1. The SMILES string of the molecule is CC(C)C1C(=O)NC(C2CC2)C(=O)N1C(C)c1nccs1. The minimum absolute atomic E-state index is 0.0232. The summed E-state index contributed by atoms with van der Waals surface area (Å²) in [7, 11) is 0. The molecule has 6 heteroatoms. The Morgan fingerprint density at radius 3 is 2.57 bits per heavy atom. The quantitative estimate of drug-likeness (QED) is 0.925. The average molecular weight is 307 g/mol. The minimum Gasteiger partial charge on any atom is -0.342 e. The molecule has 3 atom stereocenters. The van der Waals surface area contributed by atoms with Gasteiger partial charge in [0.05, 0.1) is 6.04 Å². The van der Waals surface area contributed by atoms with Crippen LogP contribution in [-0.4, -0.2) is 33.8 Å². The highest BCUT2D eigenvalue weighted by Crippen LogP contribution is 2.38. The third-order valence-electron chi connectivity index (χ3n) is 4.34. The smallest absolute Gasteiger partial charge is 0.246 e. The van der Waals surface area contributed by atoms with Gasteiger partial charge in [-0.3, -0.25) is 9.59 Å². The third kappa shape index (κ3) is 2.57. The van der Waals surface area contributed by atoms with Gasteiger partial charge in [0, 0.05) is 11.6 Å². The first kappa shape index (κ1) is 14.5. The molecule has 1 aliphatic heterocycles. The maximum absolute atomic E-state index is 12.9. The van der Waals surface area contributed by atoms with Crippen molar-refractivity contribution in [2.45, 2.75) is 51.7 Å². The average Bonchev–Trinajstić information content (AvgIpc) is 3.13. The number of nitrogens with zero attached hydrogens (tertiary/aromatic N) is 2. The van der Waals surface area contributed by atoms with E-state index < -0.39 is 6.04 Å². The predicted molar refractivity (Wildman–Crippen MR) is 80.7 cm³/mol. The summed E-state index contributed by atoms with van der Waals surface area (Å²) in [5.74, 6) is 0.431.